The lowest BCUT2D eigenvalue weighted by Crippen LogP contribution is -2.12. The Balaban J connectivity index is 2.24. The molecule has 0 saturated heterocycles. The molecule has 6 heteroatoms. The zero-order valence-electron chi connectivity index (χ0n) is 9.29. The normalized spacial score (nSPS) is 10.4. The van der Waals surface area contributed by atoms with Crippen LogP contribution in [-0.4, -0.2) is 25.1 Å². The Morgan fingerprint density at radius 3 is 2.59 bits per heavy atom. The predicted molar refractivity (Wildman–Crippen MR) is 67.9 cm³/mol. The summed E-state index contributed by atoms with van der Waals surface area (Å²) in [5.74, 6) is 0.243. The topological polar surface area (TPSA) is 77.0 Å². The van der Waals surface area contributed by atoms with Gasteiger partial charge in [-0.3, -0.25) is 0 Å². The number of phenolic OH excluding ortho intramolecular Hbond substituents is 1. The van der Waals surface area contributed by atoms with Crippen LogP contribution in [0.5, 0.6) is 5.75 Å². The van der Waals surface area contributed by atoms with E-state index in [1.165, 1.54) is 0 Å². The maximum Gasteiger partial charge on any atom is 0.142 e. The van der Waals surface area contributed by atoms with Crippen molar-refractivity contribution in [2.24, 2.45) is 5.73 Å². The zero-order chi connectivity index (χ0) is 12.4. The van der Waals surface area contributed by atoms with Crippen LogP contribution in [0.4, 0.5) is 0 Å². The van der Waals surface area contributed by atoms with Crippen molar-refractivity contribution in [3.8, 4) is 5.75 Å². The van der Waals surface area contributed by atoms with Crippen LogP contribution in [-0.2, 0) is 6.54 Å². The smallest absolute Gasteiger partial charge is 0.142 e. The van der Waals surface area contributed by atoms with Crippen molar-refractivity contribution >= 4 is 17.2 Å². The van der Waals surface area contributed by atoms with Crippen molar-refractivity contribution in [2.75, 3.05) is 0 Å². The van der Waals surface area contributed by atoms with E-state index in [4.69, 9.17) is 18.0 Å². The minimum Gasteiger partial charge on any atom is -0.508 e. The first kappa shape index (κ1) is 11.5. The van der Waals surface area contributed by atoms with Crippen LogP contribution in [0.1, 0.15) is 17.0 Å². The number of nitrogens with zero attached hydrogens (tertiary/aromatic N) is 3. The number of nitrogens with two attached hydrogens (primary N) is 1. The second-order valence-electron chi connectivity index (χ2n) is 3.71. The summed E-state index contributed by atoms with van der Waals surface area (Å²) >= 11 is 4.87. The standard InChI is InChI=1S/C11H12N4OS/c1-7-10(11(12)17)13-14-15(7)6-8-2-4-9(16)5-3-8/h2-5,16H,6H2,1H3,(H2,12,17). The van der Waals surface area contributed by atoms with Gasteiger partial charge in [0.25, 0.3) is 0 Å². The van der Waals surface area contributed by atoms with Gasteiger partial charge in [-0.15, -0.1) is 5.10 Å². The molecular formula is C11H12N4OS. The molecule has 0 spiro atoms. The molecule has 88 valence electrons. The van der Waals surface area contributed by atoms with Gasteiger partial charge in [0.2, 0.25) is 0 Å². The highest BCUT2D eigenvalue weighted by Crippen LogP contribution is 2.12. The van der Waals surface area contributed by atoms with Gasteiger partial charge in [0.1, 0.15) is 16.4 Å². The SMILES string of the molecule is Cc1c(C(N)=S)nnn1Cc1ccc(O)cc1. The molecule has 1 aromatic heterocycles. The Kier molecular flexibility index (Phi) is 3.06. The van der Waals surface area contributed by atoms with Crippen LogP contribution < -0.4 is 5.73 Å². The third kappa shape index (κ3) is 2.42. The van der Waals surface area contributed by atoms with Gasteiger partial charge in [-0.05, 0) is 24.6 Å². The Morgan fingerprint density at radius 1 is 1.41 bits per heavy atom. The van der Waals surface area contributed by atoms with Crippen LogP contribution in [0.25, 0.3) is 0 Å². The summed E-state index contributed by atoms with van der Waals surface area (Å²) in [6.07, 6.45) is 0. The number of hydrogen-bond acceptors (Lipinski definition) is 4. The lowest BCUT2D eigenvalue weighted by atomic mass is 10.2. The van der Waals surface area contributed by atoms with Crippen molar-refractivity contribution in [1.82, 2.24) is 15.0 Å². The van der Waals surface area contributed by atoms with Gasteiger partial charge in [0.15, 0.2) is 0 Å². The van der Waals surface area contributed by atoms with Gasteiger partial charge in [-0.1, -0.05) is 29.6 Å². The zero-order valence-corrected chi connectivity index (χ0v) is 10.1. The first-order valence-corrected chi connectivity index (χ1v) is 5.46. The maximum absolute atomic E-state index is 9.19. The fourth-order valence-corrected chi connectivity index (χ4v) is 1.70. The lowest BCUT2D eigenvalue weighted by molar-refractivity contribution is 0.475. The molecule has 0 aliphatic heterocycles. The average Bonchev–Trinajstić information content (AvgIpc) is 2.64. The van der Waals surface area contributed by atoms with E-state index in [-0.39, 0.29) is 10.7 Å². The van der Waals surface area contributed by atoms with Crippen molar-refractivity contribution in [3.63, 3.8) is 0 Å². The maximum atomic E-state index is 9.19. The molecule has 1 heterocycles. The first-order chi connectivity index (χ1) is 8.08. The molecule has 0 fully saturated rings. The van der Waals surface area contributed by atoms with Gasteiger partial charge in [-0.25, -0.2) is 4.68 Å². The van der Waals surface area contributed by atoms with Gasteiger partial charge >= 0.3 is 0 Å². The number of rotatable bonds is 3. The van der Waals surface area contributed by atoms with E-state index < -0.39 is 0 Å². The van der Waals surface area contributed by atoms with Crippen LogP contribution in [0.3, 0.4) is 0 Å². The molecule has 2 aromatic rings. The molecule has 0 atom stereocenters. The predicted octanol–water partition coefficient (Wildman–Crippen LogP) is 0.975. The second-order valence-corrected chi connectivity index (χ2v) is 4.15. The Bertz CT molecular complexity index is 547. The highest BCUT2D eigenvalue weighted by Gasteiger charge is 2.10. The minimum atomic E-state index is 0.243. The molecule has 3 N–H and O–H groups in total. The average molecular weight is 248 g/mol. The van der Waals surface area contributed by atoms with E-state index in [1.807, 2.05) is 19.1 Å². The summed E-state index contributed by atoms with van der Waals surface area (Å²) < 4.78 is 1.72. The number of aromatic hydroxyl groups is 1. The molecule has 0 saturated carbocycles. The van der Waals surface area contributed by atoms with Crippen LogP contribution in [0.2, 0.25) is 0 Å². The second kappa shape index (κ2) is 4.50. The first-order valence-electron chi connectivity index (χ1n) is 5.05. The summed E-state index contributed by atoms with van der Waals surface area (Å²) in [6, 6.07) is 6.93. The van der Waals surface area contributed by atoms with E-state index >= 15 is 0 Å². The summed E-state index contributed by atoms with van der Waals surface area (Å²) in [7, 11) is 0. The molecule has 0 unspecified atom stereocenters. The monoisotopic (exact) mass is 248 g/mol. The minimum absolute atomic E-state index is 0.243. The number of benzene rings is 1. The number of hydrogen-bond donors (Lipinski definition) is 2. The van der Waals surface area contributed by atoms with Crippen molar-refractivity contribution in [2.45, 2.75) is 13.5 Å². The molecule has 2 rings (SSSR count). The van der Waals surface area contributed by atoms with Gasteiger partial charge in [-0.2, -0.15) is 0 Å². The molecule has 0 aliphatic carbocycles. The number of thiocarbonyl (C=S) groups is 1. The molecule has 1 aromatic carbocycles. The van der Waals surface area contributed by atoms with Crippen LogP contribution in [0.15, 0.2) is 24.3 Å². The summed E-state index contributed by atoms with van der Waals surface area (Å²) in [6.45, 7) is 2.44. The molecular weight excluding hydrogens is 236 g/mol. The number of aromatic nitrogens is 3. The molecule has 5 nitrogen and oxygen atoms in total. The van der Waals surface area contributed by atoms with Crippen molar-refractivity contribution in [1.29, 1.82) is 0 Å². The molecule has 0 bridgehead atoms. The third-order valence-electron chi connectivity index (χ3n) is 2.48. The van der Waals surface area contributed by atoms with Crippen molar-refractivity contribution in [3.05, 3.63) is 41.2 Å². The quantitative estimate of drug-likeness (QED) is 0.792. The molecule has 0 amide bonds. The van der Waals surface area contributed by atoms with Crippen LogP contribution in [0, 0.1) is 6.92 Å². The summed E-state index contributed by atoms with van der Waals surface area (Å²) in [5, 5.41) is 17.1. The summed E-state index contributed by atoms with van der Waals surface area (Å²) in [4.78, 5) is 0.249. The molecule has 0 aliphatic rings. The van der Waals surface area contributed by atoms with Gasteiger partial charge < -0.3 is 10.8 Å². The molecule has 17 heavy (non-hydrogen) atoms. The highest BCUT2D eigenvalue weighted by atomic mass is 32.1. The Hall–Kier alpha value is -1.95. The Labute approximate surface area is 104 Å². The number of phenols is 1. The van der Waals surface area contributed by atoms with E-state index in [2.05, 4.69) is 10.3 Å². The van der Waals surface area contributed by atoms with E-state index in [0.29, 0.717) is 12.2 Å². The van der Waals surface area contributed by atoms with Crippen LogP contribution >= 0.6 is 12.2 Å². The fraction of sp³-hybridized carbons (Fsp3) is 0.182. The summed E-state index contributed by atoms with van der Waals surface area (Å²) in [5.41, 5.74) is 7.94. The van der Waals surface area contributed by atoms with Crippen molar-refractivity contribution < 1.29 is 5.11 Å². The van der Waals surface area contributed by atoms with E-state index in [9.17, 15) is 5.11 Å². The molecule has 0 radical (unpaired) electrons. The lowest BCUT2D eigenvalue weighted by Gasteiger charge is -2.04. The van der Waals surface area contributed by atoms with Gasteiger partial charge in [0, 0.05) is 0 Å². The Morgan fingerprint density at radius 2 is 2.06 bits per heavy atom. The fourth-order valence-electron chi connectivity index (χ4n) is 1.51. The van der Waals surface area contributed by atoms with Gasteiger partial charge in [0.05, 0.1) is 12.2 Å². The van der Waals surface area contributed by atoms with E-state index in [0.717, 1.165) is 11.3 Å². The van der Waals surface area contributed by atoms with E-state index in [1.54, 1.807) is 16.8 Å². The largest absolute Gasteiger partial charge is 0.508 e. The third-order valence-corrected chi connectivity index (χ3v) is 2.68. The highest BCUT2D eigenvalue weighted by molar-refractivity contribution is 7.80.